The van der Waals surface area contributed by atoms with E-state index in [1.54, 1.807) is 6.92 Å². The van der Waals surface area contributed by atoms with E-state index in [1.807, 2.05) is 6.92 Å². The van der Waals surface area contributed by atoms with Crippen LogP contribution in [0.3, 0.4) is 0 Å². The minimum absolute atomic E-state index is 0.0947. The van der Waals surface area contributed by atoms with Crippen molar-refractivity contribution in [2.75, 3.05) is 0 Å². The van der Waals surface area contributed by atoms with E-state index in [-0.39, 0.29) is 12.1 Å². The number of benzene rings is 1. The second-order valence-electron chi connectivity index (χ2n) is 5.29. The van der Waals surface area contributed by atoms with Gasteiger partial charge in [-0.3, -0.25) is 14.9 Å². The second-order valence-corrected chi connectivity index (χ2v) is 5.29. The lowest BCUT2D eigenvalue weighted by Gasteiger charge is -2.28. The zero-order valence-electron chi connectivity index (χ0n) is 12.3. The number of rotatable bonds is 8. The van der Waals surface area contributed by atoms with Crippen molar-refractivity contribution in [3.63, 3.8) is 0 Å². The average molecular weight is 297 g/mol. The molecule has 6 heteroatoms. The third-order valence-corrected chi connectivity index (χ3v) is 3.84. The Hall–Kier alpha value is -1.98. The smallest absolute Gasteiger partial charge is 0.309 e. The lowest BCUT2D eigenvalue weighted by Crippen LogP contribution is -2.33. The number of hydrogen-bond donors (Lipinski definition) is 1. The highest BCUT2D eigenvalue weighted by molar-refractivity contribution is 5.75. The predicted octanol–water partition coefficient (Wildman–Crippen LogP) is 3.95. The van der Waals surface area contributed by atoms with E-state index in [4.69, 9.17) is 0 Å². The van der Waals surface area contributed by atoms with Gasteiger partial charge in [-0.1, -0.05) is 26.7 Å². The summed E-state index contributed by atoms with van der Waals surface area (Å²) in [6.07, 6.45) is 2.57. The molecule has 0 bridgehead atoms. The zero-order chi connectivity index (χ0) is 16.0. The Morgan fingerprint density at radius 1 is 1.38 bits per heavy atom. The summed E-state index contributed by atoms with van der Waals surface area (Å²) in [5, 5.41) is 20.3. The normalized spacial score (nSPS) is 13.7. The van der Waals surface area contributed by atoms with Gasteiger partial charge in [0.25, 0.3) is 5.69 Å². The molecule has 0 saturated carbocycles. The van der Waals surface area contributed by atoms with Crippen LogP contribution in [-0.4, -0.2) is 16.0 Å². The highest BCUT2D eigenvalue weighted by Gasteiger charge is 2.36. The maximum atomic E-state index is 13.5. The number of carboxylic acid groups (broad SMARTS) is 1. The molecule has 1 N–H and O–H groups in total. The first kappa shape index (κ1) is 17.1. The van der Waals surface area contributed by atoms with Crippen molar-refractivity contribution in [3.8, 4) is 0 Å². The molecule has 0 aromatic heterocycles. The largest absolute Gasteiger partial charge is 0.481 e. The first-order valence-corrected chi connectivity index (χ1v) is 7.02. The minimum Gasteiger partial charge on any atom is -0.481 e. The van der Waals surface area contributed by atoms with Gasteiger partial charge >= 0.3 is 5.97 Å². The SMILES string of the molecule is CCCCC(CC)(Cc1cc(F)cc([N+](=O)[O-])c1)C(=O)O. The summed E-state index contributed by atoms with van der Waals surface area (Å²) in [4.78, 5) is 21.7. The molecule has 0 fully saturated rings. The standard InChI is InChI=1S/C15H20FNO4/c1-3-5-6-15(4-2,14(18)19)10-11-7-12(16)9-13(8-11)17(20)21/h7-9H,3-6,10H2,1-2H3,(H,18,19). The van der Waals surface area contributed by atoms with Gasteiger partial charge in [-0.05, 0) is 30.9 Å². The van der Waals surface area contributed by atoms with Gasteiger partial charge in [0, 0.05) is 6.07 Å². The van der Waals surface area contributed by atoms with Gasteiger partial charge in [0.2, 0.25) is 0 Å². The van der Waals surface area contributed by atoms with Gasteiger partial charge in [-0.2, -0.15) is 0 Å². The molecule has 0 radical (unpaired) electrons. The Labute approximate surface area is 122 Å². The van der Waals surface area contributed by atoms with E-state index < -0.39 is 22.1 Å². The molecule has 0 aliphatic heterocycles. The molecular weight excluding hydrogens is 277 g/mol. The number of unbranched alkanes of at least 4 members (excludes halogenated alkanes) is 1. The number of nitro groups is 1. The first-order chi connectivity index (χ1) is 9.84. The molecule has 0 aliphatic carbocycles. The van der Waals surface area contributed by atoms with E-state index >= 15 is 0 Å². The number of nitro benzene ring substituents is 1. The van der Waals surface area contributed by atoms with Crippen LogP contribution < -0.4 is 0 Å². The number of aliphatic carboxylic acids is 1. The van der Waals surface area contributed by atoms with Crippen LogP contribution in [0.25, 0.3) is 0 Å². The van der Waals surface area contributed by atoms with Crippen molar-refractivity contribution >= 4 is 11.7 Å². The topological polar surface area (TPSA) is 80.4 Å². The number of carbonyl (C=O) groups is 1. The van der Waals surface area contributed by atoms with Crippen LogP contribution in [0, 0.1) is 21.3 Å². The number of hydrogen-bond acceptors (Lipinski definition) is 3. The van der Waals surface area contributed by atoms with E-state index in [2.05, 4.69) is 0 Å². The van der Waals surface area contributed by atoms with Crippen LogP contribution in [0.15, 0.2) is 18.2 Å². The van der Waals surface area contributed by atoms with Crippen LogP contribution in [0.1, 0.15) is 45.1 Å². The lowest BCUT2D eigenvalue weighted by molar-refractivity contribution is -0.385. The molecule has 0 amide bonds. The zero-order valence-corrected chi connectivity index (χ0v) is 12.3. The molecule has 0 aliphatic rings. The third kappa shape index (κ3) is 4.24. The van der Waals surface area contributed by atoms with Crippen LogP contribution >= 0.6 is 0 Å². The Kier molecular flexibility index (Phi) is 5.81. The van der Waals surface area contributed by atoms with E-state index in [0.29, 0.717) is 18.4 Å². The van der Waals surface area contributed by atoms with Gasteiger partial charge in [-0.25, -0.2) is 4.39 Å². The maximum absolute atomic E-state index is 13.5. The molecule has 1 aromatic carbocycles. The fourth-order valence-electron chi connectivity index (χ4n) is 2.47. The number of nitrogens with zero attached hydrogens (tertiary/aromatic N) is 1. The van der Waals surface area contributed by atoms with Crippen molar-refractivity contribution in [2.24, 2.45) is 5.41 Å². The van der Waals surface area contributed by atoms with Crippen LogP contribution in [0.5, 0.6) is 0 Å². The van der Waals surface area contributed by atoms with Crippen LogP contribution in [0.4, 0.5) is 10.1 Å². The first-order valence-electron chi connectivity index (χ1n) is 7.02. The molecular formula is C15H20FNO4. The maximum Gasteiger partial charge on any atom is 0.309 e. The summed E-state index contributed by atoms with van der Waals surface area (Å²) in [5.74, 6) is -1.66. The summed E-state index contributed by atoms with van der Waals surface area (Å²) in [7, 11) is 0. The van der Waals surface area contributed by atoms with Gasteiger partial charge in [0.1, 0.15) is 5.82 Å². The molecule has 1 rings (SSSR count). The van der Waals surface area contributed by atoms with Gasteiger partial charge in [0.15, 0.2) is 0 Å². The van der Waals surface area contributed by atoms with Crippen molar-refractivity contribution < 1.29 is 19.2 Å². The van der Waals surface area contributed by atoms with E-state index in [0.717, 1.165) is 18.9 Å². The van der Waals surface area contributed by atoms with E-state index in [1.165, 1.54) is 12.1 Å². The highest BCUT2D eigenvalue weighted by atomic mass is 19.1. The highest BCUT2D eigenvalue weighted by Crippen LogP contribution is 2.34. The number of carboxylic acids is 1. The van der Waals surface area contributed by atoms with Crippen LogP contribution in [0.2, 0.25) is 0 Å². The molecule has 0 heterocycles. The summed E-state index contributed by atoms with van der Waals surface area (Å²) in [6.45, 7) is 3.74. The number of halogens is 1. The van der Waals surface area contributed by atoms with Crippen molar-refractivity contribution in [1.29, 1.82) is 0 Å². The molecule has 116 valence electrons. The Bertz CT molecular complexity index is 532. The molecule has 0 saturated heterocycles. The summed E-state index contributed by atoms with van der Waals surface area (Å²) in [6, 6.07) is 3.26. The predicted molar refractivity (Wildman–Crippen MR) is 76.6 cm³/mol. The van der Waals surface area contributed by atoms with Gasteiger partial charge in [0.05, 0.1) is 16.4 Å². The fraction of sp³-hybridized carbons (Fsp3) is 0.533. The quantitative estimate of drug-likeness (QED) is 0.582. The molecule has 5 nitrogen and oxygen atoms in total. The molecule has 0 spiro atoms. The molecule has 1 unspecified atom stereocenters. The van der Waals surface area contributed by atoms with Gasteiger partial charge < -0.3 is 5.11 Å². The third-order valence-electron chi connectivity index (χ3n) is 3.84. The van der Waals surface area contributed by atoms with Crippen molar-refractivity contribution in [3.05, 3.63) is 39.7 Å². The summed E-state index contributed by atoms with van der Waals surface area (Å²) < 4.78 is 13.5. The summed E-state index contributed by atoms with van der Waals surface area (Å²) in [5.41, 5.74) is -1.00. The molecule has 1 aromatic rings. The Balaban J connectivity index is 3.13. The summed E-state index contributed by atoms with van der Waals surface area (Å²) >= 11 is 0. The monoisotopic (exact) mass is 297 g/mol. The van der Waals surface area contributed by atoms with E-state index in [9.17, 15) is 24.4 Å². The fourth-order valence-corrected chi connectivity index (χ4v) is 2.47. The Morgan fingerprint density at radius 2 is 2.05 bits per heavy atom. The molecule has 21 heavy (non-hydrogen) atoms. The van der Waals surface area contributed by atoms with Crippen LogP contribution in [-0.2, 0) is 11.2 Å². The lowest BCUT2D eigenvalue weighted by atomic mass is 9.75. The average Bonchev–Trinajstić information content (AvgIpc) is 2.42. The molecule has 1 atom stereocenters. The van der Waals surface area contributed by atoms with Crippen molar-refractivity contribution in [1.82, 2.24) is 0 Å². The minimum atomic E-state index is -1.00. The second kappa shape index (κ2) is 7.15. The number of non-ortho nitro benzene ring substituents is 1. The Morgan fingerprint density at radius 3 is 2.52 bits per heavy atom. The van der Waals surface area contributed by atoms with Crippen molar-refractivity contribution in [2.45, 2.75) is 46.0 Å². The van der Waals surface area contributed by atoms with Gasteiger partial charge in [-0.15, -0.1) is 0 Å².